The summed E-state index contributed by atoms with van der Waals surface area (Å²) < 4.78 is 0. The van der Waals surface area contributed by atoms with Gasteiger partial charge in [0.15, 0.2) is 0 Å². The highest BCUT2D eigenvalue weighted by atomic mass is 35.5. The summed E-state index contributed by atoms with van der Waals surface area (Å²) in [5.41, 5.74) is 0.894. The van der Waals surface area contributed by atoms with Crippen LogP contribution in [0.15, 0.2) is 18.2 Å². The molecule has 2 N–H and O–H groups in total. The van der Waals surface area contributed by atoms with Crippen LogP contribution in [0.2, 0.25) is 10.0 Å². The largest absolute Gasteiger partial charge is 0.352 e. The van der Waals surface area contributed by atoms with E-state index >= 15 is 0 Å². The van der Waals surface area contributed by atoms with Crippen molar-refractivity contribution in [2.24, 2.45) is 11.8 Å². The van der Waals surface area contributed by atoms with Gasteiger partial charge in [-0.25, -0.2) is 0 Å². The Balaban J connectivity index is 0.00000133. The van der Waals surface area contributed by atoms with Crippen LogP contribution in [0.4, 0.5) is 0 Å². The molecule has 1 amide bonds. The fourth-order valence-electron chi connectivity index (χ4n) is 2.70. The quantitative estimate of drug-likeness (QED) is 0.897. The molecule has 1 saturated heterocycles. The third-order valence-corrected chi connectivity index (χ3v) is 4.51. The van der Waals surface area contributed by atoms with Crippen molar-refractivity contribution in [3.63, 3.8) is 0 Å². The molecule has 0 radical (unpaired) electrons. The fourth-order valence-corrected chi connectivity index (χ4v) is 3.03. The smallest absolute Gasteiger partial charge is 0.224 e. The molecule has 6 heteroatoms. The number of halogens is 3. The van der Waals surface area contributed by atoms with Crippen molar-refractivity contribution >= 4 is 41.5 Å². The Morgan fingerprint density at radius 2 is 1.95 bits per heavy atom. The molecule has 2 atom stereocenters. The molecule has 19 heavy (non-hydrogen) atoms. The lowest BCUT2D eigenvalue weighted by atomic mass is 10.1. The first kappa shape index (κ1) is 14.9. The molecule has 2 aliphatic rings. The molecule has 1 heterocycles. The average molecular weight is 322 g/mol. The number of amides is 1. The van der Waals surface area contributed by atoms with E-state index in [1.165, 1.54) is 0 Å². The molecule has 3 rings (SSSR count). The van der Waals surface area contributed by atoms with Gasteiger partial charge in [-0.3, -0.25) is 4.79 Å². The zero-order valence-corrected chi connectivity index (χ0v) is 12.5. The van der Waals surface area contributed by atoms with Crippen LogP contribution in [0.1, 0.15) is 5.56 Å². The first-order valence-corrected chi connectivity index (χ1v) is 6.85. The molecule has 1 aromatic rings. The van der Waals surface area contributed by atoms with Gasteiger partial charge in [-0.15, -0.1) is 12.4 Å². The van der Waals surface area contributed by atoms with Gasteiger partial charge in [-0.2, -0.15) is 0 Å². The summed E-state index contributed by atoms with van der Waals surface area (Å²) >= 11 is 11.8. The van der Waals surface area contributed by atoms with E-state index in [4.69, 9.17) is 23.2 Å². The molecule has 0 spiro atoms. The molecule has 3 nitrogen and oxygen atoms in total. The van der Waals surface area contributed by atoms with E-state index in [0.29, 0.717) is 34.3 Å². The highest BCUT2D eigenvalue weighted by Gasteiger charge is 2.53. The summed E-state index contributed by atoms with van der Waals surface area (Å²) in [5.74, 6) is 1.35. The van der Waals surface area contributed by atoms with E-state index in [1.807, 2.05) is 6.07 Å². The molecule has 104 valence electrons. The first-order chi connectivity index (χ1) is 8.65. The van der Waals surface area contributed by atoms with Crippen LogP contribution in [0, 0.1) is 11.8 Å². The van der Waals surface area contributed by atoms with Crippen LogP contribution in [-0.4, -0.2) is 25.0 Å². The Morgan fingerprint density at radius 3 is 2.58 bits per heavy atom. The van der Waals surface area contributed by atoms with E-state index < -0.39 is 0 Å². The third kappa shape index (κ3) is 3.16. The van der Waals surface area contributed by atoms with Crippen molar-refractivity contribution in [3.8, 4) is 0 Å². The predicted octanol–water partition coefficient (Wildman–Crippen LogP) is 2.29. The van der Waals surface area contributed by atoms with Gasteiger partial charge in [0.25, 0.3) is 0 Å². The third-order valence-electron chi connectivity index (χ3n) is 3.77. The minimum Gasteiger partial charge on any atom is -0.352 e. The van der Waals surface area contributed by atoms with Gasteiger partial charge in [-0.05, 0) is 29.5 Å². The van der Waals surface area contributed by atoms with Gasteiger partial charge in [0.05, 0.1) is 16.5 Å². The Labute approximate surface area is 128 Å². The second kappa shape index (κ2) is 5.88. The molecule has 1 aliphatic carbocycles. The maximum Gasteiger partial charge on any atom is 0.224 e. The standard InChI is InChI=1S/C13H14Cl2N2O.ClH/c14-10-2-1-7(3-11(10)15)4-12(18)17-13-8-5-16-6-9(8)13;/h1-3,8-9,13,16H,4-6H2,(H,17,18);1H. The van der Waals surface area contributed by atoms with E-state index in [1.54, 1.807) is 12.1 Å². The van der Waals surface area contributed by atoms with E-state index in [9.17, 15) is 4.79 Å². The topological polar surface area (TPSA) is 41.1 Å². The fraction of sp³-hybridized carbons (Fsp3) is 0.462. The van der Waals surface area contributed by atoms with Crippen LogP contribution in [0.5, 0.6) is 0 Å². The second-order valence-electron chi connectivity index (χ2n) is 5.00. The first-order valence-electron chi connectivity index (χ1n) is 6.09. The minimum absolute atomic E-state index is 0. The molecule has 0 aromatic heterocycles. The maximum atomic E-state index is 11.9. The maximum absolute atomic E-state index is 11.9. The van der Waals surface area contributed by atoms with Crippen molar-refractivity contribution in [1.82, 2.24) is 10.6 Å². The van der Waals surface area contributed by atoms with Gasteiger partial charge in [-0.1, -0.05) is 29.3 Å². The predicted molar refractivity (Wildman–Crippen MR) is 79.2 cm³/mol. The number of carbonyl (C=O) groups is 1. The zero-order valence-electron chi connectivity index (χ0n) is 10.2. The van der Waals surface area contributed by atoms with Crippen molar-refractivity contribution in [1.29, 1.82) is 0 Å². The van der Waals surface area contributed by atoms with Gasteiger partial charge in [0, 0.05) is 19.1 Å². The highest BCUT2D eigenvalue weighted by Crippen LogP contribution is 2.41. The summed E-state index contributed by atoms with van der Waals surface area (Å²) in [7, 11) is 0. The number of hydrogen-bond donors (Lipinski definition) is 2. The van der Waals surface area contributed by atoms with Crippen molar-refractivity contribution in [2.75, 3.05) is 13.1 Å². The summed E-state index contributed by atoms with van der Waals surface area (Å²) in [4.78, 5) is 11.9. The van der Waals surface area contributed by atoms with Crippen LogP contribution in [-0.2, 0) is 11.2 Å². The number of hydrogen-bond acceptors (Lipinski definition) is 2. The molecule has 1 saturated carbocycles. The van der Waals surface area contributed by atoms with Gasteiger partial charge in [0.1, 0.15) is 0 Å². The zero-order chi connectivity index (χ0) is 12.7. The number of nitrogens with one attached hydrogen (secondary N) is 2. The lowest BCUT2D eigenvalue weighted by Gasteiger charge is -2.08. The van der Waals surface area contributed by atoms with E-state index in [2.05, 4.69) is 10.6 Å². The normalized spacial score (nSPS) is 27.4. The Bertz CT molecular complexity index is 485. The monoisotopic (exact) mass is 320 g/mol. The SMILES string of the molecule is Cl.O=C(Cc1ccc(Cl)c(Cl)c1)NC1C2CNCC21. The molecule has 1 aliphatic heterocycles. The van der Waals surface area contributed by atoms with Crippen LogP contribution >= 0.6 is 35.6 Å². The molecule has 0 bridgehead atoms. The molecular formula is C13H15Cl3N2O. The summed E-state index contributed by atoms with van der Waals surface area (Å²) in [6.45, 7) is 2.06. The number of benzene rings is 1. The number of fused-ring (bicyclic) bond motifs is 1. The minimum atomic E-state index is 0. The lowest BCUT2D eigenvalue weighted by molar-refractivity contribution is -0.120. The Hall–Kier alpha value is -0.480. The number of carbonyl (C=O) groups excluding carboxylic acids is 1. The van der Waals surface area contributed by atoms with Gasteiger partial charge in [0.2, 0.25) is 5.91 Å². The lowest BCUT2D eigenvalue weighted by Crippen LogP contribution is -2.33. The van der Waals surface area contributed by atoms with E-state index in [0.717, 1.165) is 18.7 Å². The van der Waals surface area contributed by atoms with Crippen LogP contribution in [0.25, 0.3) is 0 Å². The van der Waals surface area contributed by atoms with Gasteiger partial charge < -0.3 is 10.6 Å². The molecule has 1 aromatic carbocycles. The molecule has 2 unspecified atom stereocenters. The highest BCUT2D eigenvalue weighted by molar-refractivity contribution is 6.42. The van der Waals surface area contributed by atoms with Crippen LogP contribution in [0.3, 0.4) is 0 Å². The van der Waals surface area contributed by atoms with Crippen LogP contribution < -0.4 is 10.6 Å². The Morgan fingerprint density at radius 1 is 1.26 bits per heavy atom. The van der Waals surface area contributed by atoms with Crippen molar-refractivity contribution < 1.29 is 4.79 Å². The average Bonchev–Trinajstić information content (AvgIpc) is 2.76. The Kier molecular flexibility index (Phi) is 4.62. The number of rotatable bonds is 3. The summed E-state index contributed by atoms with van der Waals surface area (Å²) in [6, 6.07) is 5.69. The van der Waals surface area contributed by atoms with Crippen molar-refractivity contribution in [2.45, 2.75) is 12.5 Å². The molecular weight excluding hydrogens is 307 g/mol. The molecule has 2 fully saturated rings. The summed E-state index contributed by atoms with van der Waals surface area (Å²) in [6.07, 6.45) is 0.361. The van der Waals surface area contributed by atoms with Gasteiger partial charge >= 0.3 is 0 Å². The van der Waals surface area contributed by atoms with Crippen molar-refractivity contribution in [3.05, 3.63) is 33.8 Å². The second-order valence-corrected chi connectivity index (χ2v) is 5.82. The number of piperidine rings is 1. The van der Waals surface area contributed by atoms with E-state index in [-0.39, 0.29) is 18.3 Å². The summed E-state index contributed by atoms with van der Waals surface area (Å²) in [5, 5.41) is 7.40.